The fourth-order valence-corrected chi connectivity index (χ4v) is 3.52. The van der Waals surface area contributed by atoms with Crippen molar-refractivity contribution in [3.63, 3.8) is 0 Å². The van der Waals surface area contributed by atoms with Crippen LogP contribution in [0.5, 0.6) is 0 Å². The maximum absolute atomic E-state index is 12.5. The second-order valence-corrected chi connectivity index (χ2v) is 7.58. The highest BCUT2D eigenvalue weighted by molar-refractivity contribution is 6.30. The average Bonchev–Trinajstić information content (AvgIpc) is 3.42. The Morgan fingerprint density at radius 2 is 1.91 bits per heavy atom. The van der Waals surface area contributed by atoms with Gasteiger partial charge in [-0.1, -0.05) is 23.7 Å². The molecule has 0 atom stereocenters. The summed E-state index contributed by atoms with van der Waals surface area (Å²) in [7, 11) is 0. The van der Waals surface area contributed by atoms with Gasteiger partial charge in [0.25, 0.3) is 5.91 Å². The molecule has 0 saturated heterocycles. The molecule has 32 heavy (non-hydrogen) atoms. The monoisotopic (exact) mass is 454 g/mol. The van der Waals surface area contributed by atoms with Crippen molar-refractivity contribution in [1.82, 2.24) is 29.3 Å². The van der Waals surface area contributed by atoms with Gasteiger partial charge in [0.15, 0.2) is 11.5 Å². The van der Waals surface area contributed by atoms with Crippen molar-refractivity contribution in [2.24, 2.45) is 0 Å². The van der Waals surface area contributed by atoms with Gasteiger partial charge in [0, 0.05) is 23.5 Å². The number of rotatable bonds is 7. The fourth-order valence-electron chi connectivity index (χ4n) is 3.31. The molecule has 1 amide bonds. The number of hydrogen-bond acceptors (Lipinski definition) is 6. The van der Waals surface area contributed by atoms with Gasteiger partial charge in [0.2, 0.25) is 0 Å². The quantitative estimate of drug-likeness (QED) is 0.337. The molecule has 12 heteroatoms. The first-order valence-electron chi connectivity index (χ1n) is 9.61. The number of benzene rings is 1. The normalized spacial score (nSPS) is 11.0. The standard InChI is InChI=1S/C20H19ClN8O3/c1-13-19(29(31)32)14(2)28(23-13)12-27-8-6-17(24-27)20(30)22-18-7-9-26(25-18)11-15-4-3-5-16(21)10-15/h3-10H,11-12H2,1-2H3,(H,22,25,30). The molecule has 3 aromatic heterocycles. The summed E-state index contributed by atoms with van der Waals surface area (Å²) < 4.78 is 4.64. The number of aryl methyl sites for hydroxylation is 1. The molecule has 1 aromatic carbocycles. The van der Waals surface area contributed by atoms with Crippen molar-refractivity contribution in [1.29, 1.82) is 0 Å². The molecule has 0 radical (unpaired) electrons. The van der Waals surface area contributed by atoms with Crippen LogP contribution in [0.1, 0.15) is 27.4 Å². The zero-order chi connectivity index (χ0) is 22.8. The van der Waals surface area contributed by atoms with Crippen molar-refractivity contribution < 1.29 is 9.72 Å². The maximum atomic E-state index is 12.5. The van der Waals surface area contributed by atoms with Gasteiger partial charge in [-0.2, -0.15) is 15.3 Å². The summed E-state index contributed by atoms with van der Waals surface area (Å²) in [5, 5.41) is 27.3. The van der Waals surface area contributed by atoms with E-state index in [2.05, 4.69) is 20.6 Å². The number of nitrogens with one attached hydrogen (secondary N) is 1. The molecule has 164 valence electrons. The van der Waals surface area contributed by atoms with Gasteiger partial charge >= 0.3 is 5.69 Å². The van der Waals surface area contributed by atoms with E-state index in [1.165, 1.54) is 9.36 Å². The Balaban J connectivity index is 1.41. The lowest BCUT2D eigenvalue weighted by atomic mass is 10.2. The van der Waals surface area contributed by atoms with Crippen LogP contribution in [-0.2, 0) is 13.2 Å². The Hall–Kier alpha value is -3.99. The number of carbonyl (C=O) groups is 1. The van der Waals surface area contributed by atoms with E-state index in [1.54, 1.807) is 49.1 Å². The molecule has 0 aliphatic rings. The number of halogens is 1. The summed E-state index contributed by atoms with van der Waals surface area (Å²) in [5.41, 5.74) is 1.89. The second kappa shape index (κ2) is 8.63. The molecule has 0 saturated carbocycles. The highest BCUT2D eigenvalue weighted by Gasteiger charge is 2.22. The van der Waals surface area contributed by atoms with Crippen molar-refractivity contribution in [2.45, 2.75) is 27.1 Å². The first-order chi connectivity index (χ1) is 15.3. The minimum atomic E-state index is -0.457. The molecule has 0 unspecified atom stereocenters. The van der Waals surface area contributed by atoms with Crippen LogP contribution < -0.4 is 5.32 Å². The van der Waals surface area contributed by atoms with Gasteiger partial charge in [0.05, 0.1) is 11.5 Å². The van der Waals surface area contributed by atoms with E-state index < -0.39 is 10.8 Å². The van der Waals surface area contributed by atoms with Crippen LogP contribution in [0.3, 0.4) is 0 Å². The summed E-state index contributed by atoms with van der Waals surface area (Å²) in [4.78, 5) is 23.2. The Labute approximate surface area is 187 Å². The fraction of sp³-hybridized carbons (Fsp3) is 0.200. The Morgan fingerprint density at radius 1 is 1.12 bits per heavy atom. The predicted octanol–water partition coefficient (Wildman–Crippen LogP) is 3.26. The first-order valence-corrected chi connectivity index (χ1v) is 9.99. The van der Waals surface area contributed by atoms with Crippen molar-refractivity contribution >= 4 is 29.0 Å². The third-order valence-electron chi connectivity index (χ3n) is 4.79. The highest BCUT2D eigenvalue weighted by Crippen LogP contribution is 2.21. The van der Waals surface area contributed by atoms with E-state index in [9.17, 15) is 14.9 Å². The van der Waals surface area contributed by atoms with Gasteiger partial charge in [-0.05, 0) is 37.6 Å². The first kappa shape index (κ1) is 21.2. The molecule has 0 aliphatic heterocycles. The molecule has 4 rings (SSSR count). The zero-order valence-corrected chi connectivity index (χ0v) is 18.0. The summed E-state index contributed by atoms with van der Waals surface area (Å²) in [6.07, 6.45) is 3.36. The Kier molecular flexibility index (Phi) is 5.73. The molecule has 0 spiro atoms. The van der Waals surface area contributed by atoms with Crippen LogP contribution in [0, 0.1) is 24.0 Å². The molecule has 3 heterocycles. The van der Waals surface area contributed by atoms with E-state index in [-0.39, 0.29) is 18.1 Å². The number of hydrogen-bond donors (Lipinski definition) is 1. The number of anilines is 1. The van der Waals surface area contributed by atoms with E-state index in [1.807, 2.05) is 18.2 Å². The van der Waals surface area contributed by atoms with Crippen LogP contribution in [-0.4, -0.2) is 40.2 Å². The van der Waals surface area contributed by atoms with Crippen molar-refractivity contribution in [3.8, 4) is 0 Å². The molecule has 4 aromatic rings. The van der Waals surface area contributed by atoms with Crippen molar-refractivity contribution in [3.05, 3.63) is 86.6 Å². The lowest BCUT2D eigenvalue weighted by Crippen LogP contribution is -2.16. The summed E-state index contributed by atoms with van der Waals surface area (Å²) in [6.45, 7) is 3.85. The molecular weight excluding hydrogens is 436 g/mol. The van der Waals surface area contributed by atoms with Gasteiger partial charge in [-0.3, -0.25) is 24.3 Å². The van der Waals surface area contributed by atoms with Gasteiger partial charge in [-0.15, -0.1) is 0 Å². The molecular formula is C20H19ClN8O3. The van der Waals surface area contributed by atoms with Gasteiger partial charge < -0.3 is 5.32 Å². The van der Waals surface area contributed by atoms with Crippen LogP contribution in [0.2, 0.25) is 5.02 Å². The van der Waals surface area contributed by atoms with Gasteiger partial charge in [0.1, 0.15) is 18.1 Å². The van der Waals surface area contributed by atoms with E-state index in [4.69, 9.17) is 11.6 Å². The molecule has 0 bridgehead atoms. The largest absolute Gasteiger partial charge is 0.312 e. The number of nitro groups is 1. The van der Waals surface area contributed by atoms with Crippen LogP contribution in [0.15, 0.2) is 48.8 Å². The molecule has 1 N–H and O–H groups in total. The topological polar surface area (TPSA) is 126 Å². The molecule has 0 fully saturated rings. The van der Waals surface area contributed by atoms with Crippen molar-refractivity contribution in [2.75, 3.05) is 5.32 Å². The summed E-state index contributed by atoms with van der Waals surface area (Å²) >= 11 is 6.01. The lowest BCUT2D eigenvalue weighted by molar-refractivity contribution is -0.386. The Morgan fingerprint density at radius 3 is 2.62 bits per heavy atom. The lowest BCUT2D eigenvalue weighted by Gasteiger charge is -2.04. The number of carbonyl (C=O) groups excluding carboxylic acids is 1. The third kappa shape index (κ3) is 4.52. The maximum Gasteiger partial charge on any atom is 0.312 e. The molecule has 11 nitrogen and oxygen atoms in total. The van der Waals surface area contributed by atoms with Crippen LogP contribution in [0.4, 0.5) is 11.5 Å². The highest BCUT2D eigenvalue weighted by atomic mass is 35.5. The second-order valence-electron chi connectivity index (χ2n) is 7.14. The number of nitrogens with zero attached hydrogens (tertiary/aromatic N) is 7. The smallest absolute Gasteiger partial charge is 0.304 e. The summed E-state index contributed by atoms with van der Waals surface area (Å²) in [6, 6.07) is 10.7. The summed E-state index contributed by atoms with van der Waals surface area (Å²) in [5.74, 6) is -0.0307. The number of aromatic nitrogens is 6. The van der Waals surface area contributed by atoms with E-state index >= 15 is 0 Å². The predicted molar refractivity (Wildman–Crippen MR) is 117 cm³/mol. The minimum absolute atomic E-state index is 0.0246. The van der Waals surface area contributed by atoms with Gasteiger partial charge in [-0.25, -0.2) is 4.68 Å². The van der Waals surface area contributed by atoms with Crippen LogP contribution in [0.25, 0.3) is 0 Å². The SMILES string of the molecule is Cc1nn(Cn2ccc(C(=O)Nc3ccn(Cc4cccc(Cl)c4)n3)n2)c(C)c1[N+](=O)[O-]. The third-order valence-corrected chi connectivity index (χ3v) is 5.03. The number of amides is 1. The average molecular weight is 455 g/mol. The minimum Gasteiger partial charge on any atom is -0.304 e. The molecule has 0 aliphatic carbocycles. The van der Waals surface area contributed by atoms with E-state index in [0.717, 1.165) is 5.56 Å². The van der Waals surface area contributed by atoms with Crippen LogP contribution >= 0.6 is 11.6 Å². The Bertz CT molecular complexity index is 1310. The van der Waals surface area contributed by atoms with E-state index in [0.29, 0.717) is 28.8 Å². The zero-order valence-electron chi connectivity index (χ0n) is 17.3.